The van der Waals surface area contributed by atoms with Gasteiger partial charge in [-0.2, -0.15) is 0 Å². The molecular formula is C46H74O5. The summed E-state index contributed by atoms with van der Waals surface area (Å²) in [5, 5.41) is 9.36. The molecule has 0 aromatic carbocycles. The van der Waals surface area contributed by atoms with Crippen LogP contribution in [0.2, 0.25) is 0 Å². The first kappa shape index (κ1) is 38.9. The van der Waals surface area contributed by atoms with E-state index < -0.39 is 11.4 Å². The average molecular weight is 707 g/mol. The molecule has 0 bridgehead atoms. The normalized spacial score (nSPS) is 42.1. The zero-order chi connectivity index (χ0) is 37.0. The fourth-order valence-electron chi connectivity index (χ4n) is 14.6. The van der Waals surface area contributed by atoms with Gasteiger partial charge in [0.25, 0.3) is 0 Å². The summed E-state index contributed by atoms with van der Waals surface area (Å²) in [6.07, 6.45) is 23.6. The smallest absolute Gasteiger partial charge is 0.306 e. The minimum Gasteiger partial charge on any atom is -0.498 e. The lowest BCUT2D eigenvalue weighted by atomic mass is 9.32. The van der Waals surface area contributed by atoms with Crippen LogP contribution >= 0.6 is 0 Å². The largest absolute Gasteiger partial charge is 0.498 e. The first-order valence-corrected chi connectivity index (χ1v) is 21.3. The number of rotatable bonds is 10. The van der Waals surface area contributed by atoms with Crippen molar-refractivity contribution in [3.05, 3.63) is 24.0 Å². The van der Waals surface area contributed by atoms with Gasteiger partial charge >= 0.3 is 11.9 Å². The summed E-state index contributed by atoms with van der Waals surface area (Å²) in [5.41, 5.74) is 1.87. The highest BCUT2D eigenvalue weighted by molar-refractivity contribution is 5.73. The van der Waals surface area contributed by atoms with Gasteiger partial charge in [0.2, 0.25) is 0 Å². The second kappa shape index (κ2) is 14.1. The molecule has 6 rings (SSSR count). The Balaban J connectivity index is 1.20. The number of esters is 1. The van der Waals surface area contributed by atoms with E-state index in [1.165, 1.54) is 101 Å². The van der Waals surface area contributed by atoms with Crippen molar-refractivity contribution in [1.82, 2.24) is 0 Å². The molecule has 5 heteroatoms. The van der Waals surface area contributed by atoms with E-state index in [1.54, 1.807) is 0 Å². The molecule has 288 valence electrons. The molecule has 0 saturated heterocycles. The first-order valence-electron chi connectivity index (χ1n) is 21.3. The number of carbonyl (C=O) groups excluding carboxylic acids is 1. The van der Waals surface area contributed by atoms with E-state index in [0.717, 1.165) is 31.8 Å². The Labute approximate surface area is 311 Å². The highest BCUT2D eigenvalue weighted by Crippen LogP contribution is 2.78. The maximum absolute atomic E-state index is 13.2. The summed E-state index contributed by atoms with van der Waals surface area (Å²) in [6, 6.07) is 0. The Kier molecular flexibility index (Phi) is 10.8. The molecule has 1 unspecified atom stereocenters. The van der Waals surface area contributed by atoms with Crippen LogP contribution in [0.4, 0.5) is 0 Å². The number of carboxylic acid groups (broad SMARTS) is 1. The third-order valence-electron chi connectivity index (χ3n) is 17.3. The van der Waals surface area contributed by atoms with Crippen LogP contribution in [0.3, 0.4) is 0 Å². The quantitative estimate of drug-likeness (QED) is 0.181. The van der Waals surface area contributed by atoms with Crippen LogP contribution in [0, 0.1) is 62.1 Å². The number of allylic oxidation sites excluding steroid dienone is 3. The van der Waals surface area contributed by atoms with Gasteiger partial charge in [0, 0.05) is 11.8 Å². The highest BCUT2D eigenvalue weighted by atomic mass is 16.5. The fourth-order valence-corrected chi connectivity index (χ4v) is 14.6. The van der Waals surface area contributed by atoms with Crippen molar-refractivity contribution in [3.63, 3.8) is 0 Å². The molecule has 0 amide bonds. The van der Waals surface area contributed by atoms with Gasteiger partial charge in [-0.15, -0.1) is 0 Å². The molecule has 0 spiro atoms. The number of hydrogen-bond acceptors (Lipinski definition) is 4. The Hall–Kier alpha value is -1.78. The summed E-state index contributed by atoms with van der Waals surface area (Å²) in [7, 11) is 0. The second-order valence-electron chi connectivity index (χ2n) is 21.0. The standard InChI is InChI=1S/C46H74O5/c1-31(2)33-19-24-46(27-28-50-32-15-13-11-10-12-14-16-32)26-25-44(8)34(40(33)46)17-18-36-43(7)22-21-37(42(5,6)35(43)20-23-45(36,44)9)51-39(49)30-41(3,4)29-38(47)48/h15,33-37,40H,1,10-14,16-30H2,2-9H3,(H,47,48)/t33?,34-,35+,36-,37+,40-,43+,44-,45-,46-/m1/s1. The van der Waals surface area contributed by atoms with Crippen molar-refractivity contribution >= 4 is 11.9 Å². The van der Waals surface area contributed by atoms with E-state index >= 15 is 0 Å². The molecule has 0 aromatic rings. The van der Waals surface area contributed by atoms with Gasteiger partial charge in [0.15, 0.2) is 0 Å². The molecule has 1 N–H and O–H groups in total. The number of carboxylic acids is 1. The predicted octanol–water partition coefficient (Wildman–Crippen LogP) is 12.1. The Bertz CT molecular complexity index is 1360. The molecule has 10 atom stereocenters. The molecule has 0 radical (unpaired) electrons. The van der Waals surface area contributed by atoms with Crippen molar-refractivity contribution < 1.29 is 24.2 Å². The number of ether oxygens (including phenoxy) is 2. The van der Waals surface area contributed by atoms with Crippen LogP contribution in [-0.4, -0.2) is 29.8 Å². The van der Waals surface area contributed by atoms with Crippen molar-refractivity contribution in [3.8, 4) is 0 Å². The van der Waals surface area contributed by atoms with Crippen molar-refractivity contribution in [2.45, 2.75) is 183 Å². The molecule has 5 saturated carbocycles. The molecular weight excluding hydrogens is 633 g/mol. The van der Waals surface area contributed by atoms with Crippen molar-refractivity contribution in [2.24, 2.45) is 62.1 Å². The Morgan fingerprint density at radius 2 is 1.61 bits per heavy atom. The van der Waals surface area contributed by atoms with Crippen LogP contribution in [0.1, 0.15) is 177 Å². The number of fused-ring (bicyclic) bond motifs is 7. The molecule has 0 aromatic heterocycles. The summed E-state index contributed by atoms with van der Waals surface area (Å²) >= 11 is 0. The van der Waals surface area contributed by atoms with Gasteiger partial charge in [-0.25, -0.2) is 0 Å². The highest BCUT2D eigenvalue weighted by Gasteiger charge is 2.71. The van der Waals surface area contributed by atoms with E-state index in [9.17, 15) is 14.7 Å². The lowest BCUT2D eigenvalue weighted by molar-refractivity contribution is -0.251. The minimum absolute atomic E-state index is 0.0297. The SMILES string of the molecule is C=C(C)C1CC[C@]2(CCOC3=CCCCCCC3)CC[C@]3(C)[C@H](CC[C@@H]4[C@@]5(C)CC[C@H](OC(=O)CC(C)(C)CC(=O)O)C(C)(C)[C@@H]5CC[C@]43C)[C@@H]12. The zero-order valence-corrected chi connectivity index (χ0v) is 34.0. The first-order chi connectivity index (χ1) is 23.9. The second-order valence-corrected chi connectivity index (χ2v) is 21.0. The molecule has 6 aliphatic rings. The third-order valence-corrected chi connectivity index (χ3v) is 17.3. The van der Waals surface area contributed by atoms with Crippen molar-refractivity contribution in [2.75, 3.05) is 6.61 Å². The lowest BCUT2D eigenvalue weighted by Crippen LogP contribution is -2.66. The molecule has 5 nitrogen and oxygen atoms in total. The summed E-state index contributed by atoms with van der Waals surface area (Å²) in [5.74, 6) is 3.41. The van der Waals surface area contributed by atoms with Gasteiger partial charge in [-0.05, 0) is 160 Å². The molecule has 0 aliphatic heterocycles. The summed E-state index contributed by atoms with van der Waals surface area (Å²) in [6.45, 7) is 24.4. The van der Waals surface area contributed by atoms with E-state index in [0.29, 0.717) is 34.5 Å². The summed E-state index contributed by atoms with van der Waals surface area (Å²) < 4.78 is 12.9. The molecule has 6 aliphatic carbocycles. The topological polar surface area (TPSA) is 72.8 Å². The fraction of sp³-hybridized carbons (Fsp3) is 0.870. The van der Waals surface area contributed by atoms with Crippen LogP contribution in [-0.2, 0) is 19.1 Å². The van der Waals surface area contributed by atoms with Gasteiger partial charge in [-0.3, -0.25) is 9.59 Å². The van der Waals surface area contributed by atoms with E-state index in [4.69, 9.17) is 9.47 Å². The van der Waals surface area contributed by atoms with Crippen LogP contribution in [0.25, 0.3) is 0 Å². The predicted molar refractivity (Wildman–Crippen MR) is 206 cm³/mol. The van der Waals surface area contributed by atoms with E-state index in [-0.39, 0.29) is 41.2 Å². The van der Waals surface area contributed by atoms with Gasteiger partial charge in [0.05, 0.1) is 25.2 Å². The zero-order valence-electron chi connectivity index (χ0n) is 34.0. The maximum atomic E-state index is 13.2. The van der Waals surface area contributed by atoms with Gasteiger partial charge in [0.1, 0.15) is 6.10 Å². The van der Waals surface area contributed by atoms with E-state index in [2.05, 4.69) is 54.2 Å². The third kappa shape index (κ3) is 6.90. The molecule has 0 heterocycles. The number of carbonyl (C=O) groups is 2. The number of aliphatic carboxylic acids is 1. The van der Waals surface area contributed by atoms with Gasteiger partial charge < -0.3 is 14.6 Å². The van der Waals surface area contributed by atoms with Gasteiger partial charge in [-0.1, -0.05) is 73.5 Å². The molecule has 51 heavy (non-hydrogen) atoms. The summed E-state index contributed by atoms with van der Waals surface area (Å²) in [4.78, 5) is 24.6. The van der Waals surface area contributed by atoms with Crippen LogP contribution < -0.4 is 0 Å². The van der Waals surface area contributed by atoms with Crippen LogP contribution in [0.5, 0.6) is 0 Å². The molecule has 5 fully saturated rings. The average Bonchev–Trinajstić information content (AvgIpc) is 3.39. The Morgan fingerprint density at radius 3 is 2.33 bits per heavy atom. The lowest BCUT2D eigenvalue weighted by Gasteiger charge is -2.73. The van der Waals surface area contributed by atoms with Crippen molar-refractivity contribution in [1.29, 1.82) is 0 Å². The number of hydrogen-bond donors (Lipinski definition) is 1. The van der Waals surface area contributed by atoms with Crippen LogP contribution in [0.15, 0.2) is 24.0 Å². The Morgan fingerprint density at radius 1 is 0.863 bits per heavy atom. The maximum Gasteiger partial charge on any atom is 0.306 e. The minimum atomic E-state index is -0.867. The monoisotopic (exact) mass is 707 g/mol. The van der Waals surface area contributed by atoms with E-state index in [1.807, 2.05) is 13.8 Å².